The number of aliphatic hydroxyl groups is 2. The van der Waals surface area contributed by atoms with Gasteiger partial charge in [0, 0.05) is 27.2 Å². The molecule has 4 N–H and O–H groups in total. The number of allylic oxidation sites excluding steroid dienone is 1. The van der Waals surface area contributed by atoms with Crippen molar-refractivity contribution in [1.29, 1.82) is 0 Å². The number of thioether (sulfide) groups is 1. The zero-order chi connectivity index (χ0) is 18.3. The van der Waals surface area contributed by atoms with Gasteiger partial charge in [-0.3, -0.25) is 0 Å². The van der Waals surface area contributed by atoms with E-state index in [0.717, 1.165) is 33.9 Å². The highest BCUT2D eigenvalue weighted by atomic mass is 35.5. The van der Waals surface area contributed by atoms with Crippen LogP contribution in [0.1, 0.15) is 17.7 Å². The van der Waals surface area contributed by atoms with Crippen molar-refractivity contribution < 1.29 is 10.2 Å². The Kier molecular flexibility index (Phi) is 4.92. The van der Waals surface area contributed by atoms with Crippen LogP contribution in [-0.4, -0.2) is 38.1 Å². The molecule has 2 aliphatic carbocycles. The molecule has 1 unspecified atom stereocenters. The summed E-state index contributed by atoms with van der Waals surface area (Å²) in [6.07, 6.45) is 3.38. The Morgan fingerprint density at radius 2 is 1.92 bits per heavy atom. The molecular formula is C19H20ClN3O2S. The van der Waals surface area contributed by atoms with Gasteiger partial charge in [0.2, 0.25) is 0 Å². The summed E-state index contributed by atoms with van der Waals surface area (Å²) in [5, 5.41) is 21.9. The van der Waals surface area contributed by atoms with Gasteiger partial charge in [-0.2, -0.15) is 0 Å². The zero-order valence-electron chi connectivity index (χ0n) is 14.0. The minimum atomic E-state index is -0.792. The molecule has 136 valence electrons. The average Bonchev–Trinajstić information content (AvgIpc) is 3.18. The Labute approximate surface area is 161 Å². The first kappa shape index (κ1) is 17.8. The molecule has 1 heterocycles. The van der Waals surface area contributed by atoms with Gasteiger partial charge < -0.3 is 15.9 Å². The van der Waals surface area contributed by atoms with E-state index in [2.05, 4.69) is 16.0 Å². The zero-order valence-corrected chi connectivity index (χ0v) is 15.6. The summed E-state index contributed by atoms with van der Waals surface area (Å²) in [6.45, 7) is 0. The molecule has 0 aliphatic heterocycles. The molecule has 1 fully saturated rings. The quantitative estimate of drug-likeness (QED) is 0.696. The number of anilines is 1. The Morgan fingerprint density at radius 3 is 2.69 bits per heavy atom. The number of rotatable bonds is 4. The number of nitrogens with two attached hydrogens (primary N) is 1. The van der Waals surface area contributed by atoms with Crippen LogP contribution in [0.3, 0.4) is 0 Å². The summed E-state index contributed by atoms with van der Waals surface area (Å²) in [5.41, 5.74) is 8.66. The molecule has 26 heavy (non-hydrogen) atoms. The van der Waals surface area contributed by atoms with Crippen LogP contribution in [0.15, 0.2) is 41.6 Å². The number of nitrogen functional groups attached to an aromatic ring is 1. The van der Waals surface area contributed by atoms with Crippen molar-refractivity contribution in [3.8, 4) is 0 Å². The van der Waals surface area contributed by atoms with Crippen LogP contribution in [0.25, 0.3) is 5.57 Å². The van der Waals surface area contributed by atoms with E-state index >= 15 is 0 Å². The molecule has 2 aromatic rings. The highest BCUT2D eigenvalue weighted by molar-refractivity contribution is 7.99. The van der Waals surface area contributed by atoms with Gasteiger partial charge >= 0.3 is 0 Å². The Balaban J connectivity index is 1.47. The number of aliphatic hydroxyl groups excluding tert-OH is 2. The lowest BCUT2D eigenvalue weighted by atomic mass is 9.93. The fourth-order valence-corrected chi connectivity index (χ4v) is 5.04. The summed E-state index contributed by atoms with van der Waals surface area (Å²) < 4.78 is 0. The summed E-state index contributed by atoms with van der Waals surface area (Å²) in [5.74, 6) is 1.11. The minimum absolute atomic E-state index is 0.0137. The van der Waals surface area contributed by atoms with E-state index < -0.39 is 12.2 Å². The monoisotopic (exact) mass is 389 g/mol. The van der Waals surface area contributed by atoms with Crippen molar-refractivity contribution in [3.63, 3.8) is 0 Å². The number of nitrogens with zero attached hydrogens (tertiary/aromatic N) is 2. The number of aromatic nitrogens is 2. The largest absolute Gasteiger partial charge is 0.390 e. The van der Waals surface area contributed by atoms with Gasteiger partial charge in [0.05, 0.1) is 17.9 Å². The maximum absolute atomic E-state index is 10.6. The first-order valence-electron chi connectivity index (χ1n) is 8.59. The molecule has 1 saturated carbocycles. The van der Waals surface area contributed by atoms with E-state index in [1.807, 2.05) is 24.3 Å². The number of hydrogen-bond acceptors (Lipinski definition) is 6. The first-order chi connectivity index (χ1) is 12.5. The van der Waals surface area contributed by atoms with Gasteiger partial charge in [0.1, 0.15) is 12.1 Å². The van der Waals surface area contributed by atoms with Crippen LogP contribution < -0.4 is 5.73 Å². The fourth-order valence-electron chi connectivity index (χ4n) is 3.85. The number of fused-ring (bicyclic) bond motifs is 1. The van der Waals surface area contributed by atoms with E-state index in [9.17, 15) is 10.2 Å². The van der Waals surface area contributed by atoms with Crippen molar-refractivity contribution >= 4 is 34.8 Å². The Bertz CT molecular complexity index is 843. The molecule has 7 heteroatoms. The van der Waals surface area contributed by atoms with Crippen molar-refractivity contribution in [1.82, 2.24) is 9.97 Å². The molecule has 1 aromatic heterocycles. The lowest BCUT2D eigenvalue weighted by molar-refractivity contribution is 0.0160. The van der Waals surface area contributed by atoms with Crippen molar-refractivity contribution in [3.05, 3.63) is 52.9 Å². The second-order valence-corrected chi connectivity index (χ2v) is 8.33. The second-order valence-electron chi connectivity index (χ2n) is 6.80. The minimum Gasteiger partial charge on any atom is -0.390 e. The van der Waals surface area contributed by atoms with Crippen LogP contribution in [-0.2, 0) is 6.42 Å². The predicted octanol–water partition coefficient (Wildman–Crippen LogP) is 2.80. The molecule has 0 amide bonds. The average molecular weight is 390 g/mol. The van der Waals surface area contributed by atoms with Gasteiger partial charge in [-0.25, -0.2) is 9.97 Å². The van der Waals surface area contributed by atoms with Crippen LogP contribution in [0, 0.1) is 11.8 Å². The maximum Gasteiger partial charge on any atom is 0.130 e. The lowest BCUT2D eigenvalue weighted by Gasteiger charge is -2.18. The van der Waals surface area contributed by atoms with Gasteiger partial charge in [0.25, 0.3) is 0 Å². The second kappa shape index (κ2) is 7.19. The molecule has 0 saturated heterocycles. The lowest BCUT2D eigenvalue weighted by Crippen LogP contribution is -2.29. The highest BCUT2D eigenvalue weighted by Gasteiger charge is 2.44. The van der Waals surface area contributed by atoms with Crippen LogP contribution >= 0.6 is 23.4 Å². The van der Waals surface area contributed by atoms with Crippen molar-refractivity contribution in [2.75, 3.05) is 11.5 Å². The SMILES string of the molecule is Nc1ncnc2c1CC=C2[C@@H]1C[C@H](CSc2ccc(Cl)cc2)C(O)[C@@H]1O. The number of halogens is 1. The normalized spacial score (nSPS) is 27.4. The molecule has 4 atom stereocenters. The molecule has 1 aromatic carbocycles. The number of hydrogen-bond donors (Lipinski definition) is 3. The van der Waals surface area contributed by atoms with E-state index in [1.165, 1.54) is 6.33 Å². The van der Waals surface area contributed by atoms with Gasteiger partial charge in [-0.1, -0.05) is 17.7 Å². The van der Waals surface area contributed by atoms with E-state index in [4.69, 9.17) is 17.3 Å². The van der Waals surface area contributed by atoms with E-state index in [0.29, 0.717) is 17.3 Å². The third-order valence-corrected chi connectivity index (χ3v) is 6.71. The van der Waals surface area contributed by atoms with Gasteiger partial charge in [-0.05, 0) is 48.6 Å². The highest BCUT2D eigenvalue weighted by Crippen LogP contribution is 2.45. The summed E-state index contributed by atoms with van der Waals surface area (Å²) >= 11 is 7.59. The molecule has 0 radical (unpaired) electrons. The fraction of sp³-hybridized carbons (Fsp3) is 0.368. The smallest absolute Gasteiger partial charge is 0.130 e. The van der Waals surface area contributed by atoms with Crippen LogP contribution in [0.2, 0.25) is 5.02 Å². The molecular weight excluding hydrogens is 370 g/mol. The van der Waals surface area contributed by atoms with E-state index in [-0.39, 0.29) is 11.8 Å². The summed E-state index contributed by atoms with van der Waals surface area (Å²) in [6, 6.07) is 7.66. The summed E-state index contributed by atoms with van der Waals surface area (Å²) in [4.78, 5) is 9.50. The Hall–Kier alpha value is -1.60. The molecule has 0 bridgehead atoms. The Morgan fingerprint density at radius 1 is 1.15 bits per heavy atom. The topological polar surface area (TPSA) is 92.3 Å². The van der Waals surface area contributed by atoms with Gasteiger partial charge in [0.15, 0.2) is 0 Å². The summed E-state index contributed by atoms with van der Waals surface area (Å²) in [7, 11) is 0. The van der Waals surface area contributed by atoms with Gasteiger partial charge in [-0.15, -0.1) is 11.8 Å². The van der Waals surface area contributed by atoms with Crippen molar-refractivity contribution in [2.45, 2.75) is 29.9 Å². The number of benzene rings is 1. The third kappa shape index (κ3) is 3.22. The van der Waals surface area contributed by atoms with E-state index in [1.54, 1.807) is 11.8 Å². The standard InChI is InChI=1S/C19H20ClN3O2S/c20-11-1-3-12(4-2-11)26-8-10-7-15(18(25)17(10)24)13-5-6-14-16(13)22-9-23-19(14)21/h1-5,9-10,15,17-18,24-25H,6-8H2,(H2,21,22,23)/t10-,15+,17?,18-/m1/s1. The van der Waals surface area contributed by atoms with Crippen molar-refractivity contribution in [2.24, 2.45) is 11.8 Å². The molecule has 2 aliphatic rings. The molecule has 4 rings (SSSR count). The molecule has 0 spiro atoms. The van der Waals surface area contributed by atoms with Crippen LogP contribution in [0.4, 0.5) is 5.82 Å². The van der Waals surface area contributed by atoms with Crippen LogP contribution in [0.5, 0.6) is 0 Å². The predicted molar refractivity (Wildman–Crippen MR) is 104 cm³/mol. The molecule has 5 nitrogen and oxygen atoms in total. The first-order valence-corrected chi connectivity index (χ1v) is 9.95. The maximum atomic E-state index is 10.6. The third-order valence-electron chi connectivity index (χ3n) is 5.26.